The molecule has 1 rings (SSSR count). The van der Waals surface area contributed by atoms with E-state index in [1.165, 1.54) is 14.0 Å². The number of allylic oxidation sites excluding steroid dienone is 1. The Labute approximate surface area is 93.1 Å². The lowest BCUT2D eigenvalue weighted by atomic mass is 10.3. The summed E-state index contributed by atoms with van der Waals surface area (Å²) in [5, 5.41) is 16.8. The fourth-order valence-corrected chi connectivity index (χ4v) is 0.933. The first-order chi connectivity index (χ1) is 7.65. The standard InChI is InChI=1S/C11H12N2O3/c1-8(14)10(15)11(16-2)13-12-9-6-4-3-5-7-9/h3-7,15H,1-2H3/b11-10+,13-12?. The van der Waals surface area contributed by atoms with Gasteiger partial charge >= 0.3 is 0 Å². The fraction of sp³-hybridized carbons (Fsp3) is 0.182. The van der Waals surface area contributed by atoms with Gasteiger partial charge in [-0.3, -0.25) is 4.79 Å². The summed E-state index contributed by atoms with van der Waals surface area (Å²) in [4.78, 5) is 10.9. The molecule has 0 atom stereocenters. The summed E-state index contributed by atoms with van der Waals surface area (Å²) in [6.45, 7) is 1.21. The number of methoxy groups -OCH3 is 1. The fourth-order valence-electron chi connectivity index (χ4n) is 0.933. The van der Waals surface area contributed by atoms with Crippen LogP contribution in [0.15, 0.2) is 52.2 Å². The Kier molecular flexibility index (Phi) is 4.20. The number of carbonyl (C=O) groups excluding carboxylic acids is 1. The number of rotatable bonds is 4. The van der Waals surface area contributed by atoms with Crippen LogP contribution in [0.2, 0.25) is 0 Å². The molecular weight excluding hydrogens is 208 g/mol. The number of ether oxygens (including phenoxy) is 1. The molecule has 0 radical (unpaired) electrons. The number of hydrogen-bond donors (Lipinski definition) is 1. The van der Waals surface area contributed by atoms with Crippen LogP contribution in [0.5, 0.6) is 0 Å². The minimum Gasteiger partial charge on any atom is -0.501 e. The van der Waals surface area contributed by atoms with Gasteiger partial charge in [0.15, 0.2) is 5.78 Å². The van der Waals surface area contributed by atoms with Crippen LogP contribution >= 0.6 is 0 Å². The number of carbonyl (C=O) groups is 1. The van der Waals surface area contributed by atoms with Gasteiger partial charge in [-0.25, -0.2) is 0 Å². The molecule has 0 fully saturated rings. The highest BCUT2D eigenvalue weighted by Crippen LogP contribution is 2.14. The summed E-state index contributed by atoms with van der Waals surface area (Å²) >= 11 is 0. The molecule has 0 aromatic heterocycles. The quantitative estimate of drug-likeness (QED) is 0.481. The summed E-state index contributed by atoms with van der Waals surface area (Å²) in [7, 11) is 1.30. The molecule has 0 saturated carbocycles. The third-order valence-corrected chi connectivity index (χ3v) is 1.74. The summed E-state index contributed by atoms with van der Waals surface area (Å²) < 4.78 is 4.74. The van der Waals surface area contributed by atoms with E-state index < -0.39 is 11.5 Å². The Balaban J connectivity index is 2.91. The highest BCUT2D eigenvalue weighted by atomic mass is 16.5. The molecule has 16 heavy (non-hydrogen) atoms. The van der Waals surface area contributed by atoms with Gasteiger partial charge < -0.3 is 9.84 Å². The molecule has 84 valence electrons. The summed E-state index contributed by atoms with van der Waals surface area (Å²) in [6.07, 6.45) is 0. The zero-order chi connectivity index (χ0) is 12.0. The maximum Gasteiger partial charge on any atom is 0.279 e. The maximum absolute atomic E-state index is 10.9. The smallest absolute Gasteiger partial charge is 0.279 e. The number of hydrogen-bond acceptors (Lipinski definition) is 5. The number of nitrogens with zero attached hydrogens (tertiary/aromatic N) is 2. The molecule has 1 aromatic rings. The van der Waals surface area contributed by atoms with Crippen molar-refractivity contribution in [1.29, 1.82) is 0 Å². The van der Waals surface area contributed by atoms with Gasteiger partial charge in [0.1, 0.15) is 0 Å². The van der Waals surface area contributed by atoms with E-state index in [0.717, 1.165) is 0 Å². The molecule has 0 heterocycles. The molecule has 1 aromatic carbocycles. The van der Waals surface area contributed by atoms with Crippen LogP contribution < -0.4 is 0 Å². The molecule has 0 spiro atoms. The Morgan fingerprint density at radius 1 is 1.31 bits per heavy atom. The second-order valence-corrected chi connectivity index (χ2v) is 2.95. The minimum atomic E-state index is -0.540. The van der Waals surface area contributed by atoms with E-state index >= 15 is 0 Å². The second kappa shape index (κ2) is 5.65. The number of Topliss-reactive ketones (excluding diaryl/α,β-unsaturated/α-hetero) is 1. The molecule has 0 saturated heterocycles. The van der Waals surface area contributed by atoms with Gasteiger partial charge in [0.05, 0.1) is 12.8 Å². The molecule has 0 bridgehead atoms. The van der Waals surface area contributed by atoms with Crippen molar-refractivity contribution >= 4 is 11.5 Å². The highest BCUT2D eigenvalue weighted by molar-refractivity contribution is 5.91. The van der Waals surface area contributed by atoms with Crippen LogP contribution in [0.1, 0.15) is 6.92 Å². The van der Waals surface area contributed by atoms with E-state index in [1.807, 2.05) is 6.07 Å². The van der Waals surface area contributed by atoms with Gasteiger partial charge in [0.25, 0.3) is 5.88 Å². The molecule has 1 N–H and O–H groups in total. The van der Waals surface area contributed by atoms with E-state index in [4.69, 9.17) is 4.74 Å². The summed E-state index contributed by atoms with van der Waals surface area (Å²) in [6, 6.07) is 8.92. The van der Waals surface area contributed by atoms with E-state index in [0.29, 0.717) is 5.69 Å². The number of ketones is 1. The molecular formula is C11H12N2O3. The van der Waals surface area contributed by atoms with Crippen LogP contribution in [0, 0.1) is 0 Å². The second-order valence-electron chi connectivity index (χ2n) is 2.95. The van der Waals surface area contributed by atoms with Crippen LogP contribution in [0.25, 0.3) is 0 Å². The molecule has 5 heteroatoms. The number of azo groups is 1. The first kappa shape index (κ1) is 11.9. The molecule has 0 amide bonds. The van der Waals surface area contributed by atoms with Crippen molar-refractivity contribution in [1.82, 2.24) is 0 Å². The normalized spacial score (nSPS) is 12.4. The van der Waals surface area contributed by atoms with Crippen molar-refractivity contribution in [3.8, 4) is 0 Å². The molecule has 0 aliphatic rings. The zero-order valence-electron chi connectivity index (χ0n) is 9.04. The van der Waals surface area contributed by atoms with E-state index in [-0.39, 0.29) is 5.88 Å². The Hall–Kier alpha value is -2.17. The summed E-state index contributed by atoms with van der Waals surface area (Å²) in [5.74, 6) is -1.26. The first-order valence-corrected chi connectivity index (χ1v) is 4.60. The van der Waals surface area contributed by atoms with Crippen LogP contribution in [0.3, 0.4) is 0 Å². The maximum atomic E-state index is 10.9. The number of benzene rings is 1. The van der Waals surface area contributed by atoms with Gasteiger partial charge in [-0.2, -0.15) is 0 Å². The van der Waals surface area contributed by atoms with Crippen LogP contribution in [-0.4, -0.2) is 18.0 Å². The van der Waals surface area contributed by atoms with Gasteiger partial charge in [0, 0.05) is 6.92 Å². The third-order valence-electron chi connectivity index (χ3n) is 1.74. The van der Waals surface area contributed by atoms with Crippen molar-refractivity contribution in [2.24, 2.45) is 10.2 Å². The molecule has 0 unspecified atom stereocenters. The lowest BCUT2D eigenvalue weighted by Gasteiger charge is -2.00. The first-order valence-electron chi connectivity index (χ1n) is 4.60. The van der Waals surface area contributed by atoms with Crippen molar-refractivity contribution in [2.45, 2.75) is 6.92 Å². The predicted octanol–water partition coefficient (Wildman–Crippen LogP) is 2.73. The van der Waals surface area contributed by atoms with Crippen molar-refractivity contribution in [3.05, 3.63) is 42.0 Å². The number of aliphatic hydroxyl groups is 1. The number of aliphatic hydroxyl groups excluding tert-OH is 1. The van der Waals surface area contributed by atoms with Crippen LogP contribution in [0.4, 0.5) is 5.69 Å². The molecule has 0 aliphatic heterocycles. The lowest BCUT2D eigenvalue weighted by molar-refractivity contribution is -0.116. The highest BCUT2D eigenvalue weighted by Gasteiger charge is 2.09. The summed E-state index contributed by atoms with van der Waals surface area (Å²) in [5.41, 5.74) is 0.605. The molecule has 5 nitrogen and oxygen atoms in total. The van der Waals surface area contributed by atoms with E-state index in [2.05, 4.69) is 10.2 Å². The van der Waals surface area contributed by atoms with Crippen molar-refractivity contribution < 1.29 is 14.6 Å². The van der Waals surface area contributed by atoms with Gasteiger partial charge in [-0.05, 0) is 12.1 Å². The van der Waals surface area contributed by atoms with Crippen molar-refractivity contribution in [2.75, 3.05) is 7.11 Å². The van der Waals surface area contributed by atoms with E-state index in [1.54, 1.807) is 24.3 Å². The monoisotopic (exact) mass is 220 g/mol. The zero-order valence-corrected chi connectivity index (χ0v) is 9.04. The Morgan fingerprint density at radius 3 is 2.44 bits per heavy atom. The van der Waals surface area contributed by atoms with Gasteiger partial charge in [0.2, 0.25) is 5.76 Å². The van der Waals surface area contributed by atoms with Crippen LogP contribution in [-0.2, 0) is 9.53 Å². The Bertz CT molecular complexity index is 424. The lowest BCUT2D eigenvalue weighted by Crippen LogP contribution is -2.00. The topological polar surface area (TPSA) is 71.2 Å². The average molecular weight is 220 g/mol. The predicted molar refractivity (Wildman–Crippen MR) is 58.3 cm³/mol. The largest absolute Gasteiger partial charge is 0.501 e. The Morgan fingerprint density at radius 2 is 1.94 bits per heavy atom. The van der Waals surface area contributed by atoms with Crippen molar-refractivity contribution in [3.63, 3.8) is 0 Å². The SMILES string of the molecule is CO/C(N=Nc1ccccc1)=C(/O)C(C)=O. The van der Waals surface area contributed by atoms with E-state index in [9.17, 15) is 9.90 Å². The minimum absolute atomic E-state index is 0.198. The third kappa shape index (κ3) is 3.20. The average Bonchev–Trinajstić information content (AvgIpc) is 2.30. The van der Waals surface area contributed by atoms with Gasteiger partial charge in [-0.1, -0.05) is 18.2 Å². The molecule has 0 aliphatic carbocycles. The van der Waals surface area contributed by atoms with Gasteiger partial charge in [-0.15, -0.1) is 10.2 Å².